The summed E-state index contributed by atoms with van der Waals surface area (Å²) in [5, 5.41) is 14.3. The summed E-state index contributed by atoms with van der Waals surface area (Å²) in [7, 11) is 1.71. The van der Waals surface area contributed by atoms with E-state index < -0.39 is 0 Å². The van der Waals surface area contributed by atoms with Crippen molar-refractivity contribution >= 4 is 5.91 Å². The lowest BCUT2D eigenvalue weighted by Crippen LogP contribution is -2.39. The zero-order chi connectivity index (χ0) is 17.8. The second kappa shape index (κ2) is 7.61. The standard InChI is InChI=1S/C19H23N3O3/c1-21(13-14-7-5-6-10-17(14)23)19(25)16-11-12-18(24)22(20-16)15-8-3-2-4-9-15/h2-4,8-9,11-12,14,17,23H,5-7,10,13H2,1H3. The van der Waals surface area contributed by atoms with Gasteiger partial charge >= 0.3 is 0 Å². The molecule has 132 valence electrons. The third kappa shape index (κ3) is 3.96. The van der Waals surface area contributed by atoms with E-state index in [9.17, 15) is 14.7 Å². The highest BCUT2D eigenvalue weighted by atomic mass is 16.3. The topological polar surface area (TPSA) is 75.4 Å². The van der Waals surface area contributed by atoms with Crippen molar-refractivity contribution in [2.45, 2.75) is 31.8 Å². The molecule has 2 aromatic rings. The molecule has 1 heterocycles. The van der Waals surface area contributed by atoms with E-state index in [-0.39, 0.29) is 29.2 Å². The number of benzene rings is 1. The van der Waals surface area contributed by atoms with Crippen molar-refractivity contribution in [3.63, 3.8) is 0 Å². The number of carbonyl (C=O) groups is 1. The molecule has 6 heteroatoms. The highest BCUT2D eigenvalue weighted by molar-refractivity contribution is 5.91. The van der Waals surface area contributed by atoms with Crippen molar-refractivity contribution < 1.29 is 9.90 Å². The zero-order valence-electron chi connectivity index (χ0n) is 14.3. The number of para-hydroxylation sites is 1. The van der Waals surface area contributed by atoms with Gasteiger partial charge in [-0.25, -0.2) is 0 Å². The molecule has 0 radical (unpaired) electrons. The second-order valence-corrected chi connectivity index (χ2v) is 6.60. The number of aliphatic hydroxyl groups is 1. The molecule has 25 heavy (non-hydrogen) atoms. The molecule has 2 unspecified atom stereocenters. The summed E-state index contributed by atoms with van der Waals surface area (Å²) < 4.78 is 1.23. The third-order valence-corrected chi connectivity index (χ3v) is 4.74. The molecule has 0 aliphatic heterocycles. The predicted molar refractivity (Wildman–Crippen MR) is 94.8 cm³/mol. The summed E-state index contributed by atoms with van der Waals surface area (Å²) in [4.78, 5) is 26.3. The molecule has 0 saturated heterocycles. The summed E-state index contributed by atoms with van der Waals surface area (Å²) >= 11 is 0. The number of hydrogen-bond acceptors (Lipinski definition) is 4. The fraction of sp³-hybridized carbons (Fsp3) is 0.421. The highest BCUT2D eigenvalue weighted by Gasteiger charge is 2.26. The van der Waals surface area contributed by atoms with Gasteiger partial charge in [-0.1, -0.05) is 31.0 Å². The van der Waals surface area contributed by atoms with Gasteiger partial charge in [-0.15, -0.1) is 0 Å². The van der Waals surface area contributed by atoms with Crippen molar-refractivity contribution in [2.24, 2.45) is 5.92 Å². The zero-order valence-corrected chi connectivity index (χ0v) is 14.3. The first-order valence-corrected chi connectivity index (χ1v) is 8.65. The minimum absolute atomic E-state index is 0.0997. The lowest BCUT2D eigenvalue weighted by atomic mass is 9.86. The number of nitrogens with zero attached hydrogens (tertiary/aromatic N) is 3. The maximum Gasteiger partial charge on any atom is 0.274 e. The van der Waals surface area contributed by atoms with Crippen LogP contribution in [0.5, 0.6) is 0 Å². The van der Waals surface area contributed by atoms with Crippen LogP contribution in [0.4, 0.5) is 0 Å². The van der Waals surface area contributed by atoms with Gasteiger partial charge in [0.1, 0.15) is 5.69 Å². The maximum absolute atomic E-state index is 12.7. The number of hydrogen-bond donors (Lipinski definition) is 1. The molecule has 0 bridgehead atoms. The van der Waals surface area contributed by atoms with Crippen molar-refractivity contribution in [3.8, 4) is 5.69 Å². The van der Waals surface area contributed by atoms with Gasteiger partial charge < -0.3 is 10.0 Å². The largest absolute Gasteiger partial charge is 0.393 e. The fourth-order valence-corrected chi connectivity index (χ4v) is 3.31. The van der Waals surface area contributed by atoms with Crippen LogP contribution in [0.1, 0.15) is 36.2 Å². The Morgan fingerprint density at radius 3 is 2.64 bits per heavy atom. The second-order valence-electron chi connectivity index (χ2n) is 6.60. The quantitative estimate of drug-likeness (QED) is 0.921. The lowest BCUT2D eigenvalue weighted by Gasteiger charge is -2.31. The number of aliphatic hydroxyl groups excluding tert-OH is 1. The highest BCUT2D eigenvalue weighted by Crippen LogP contribution is 2.25. The average Bonchev–Trinajstić information content (AvgIpc) is 2.64. The molecule has 1 aromatic heterocycles. The predicted octanol–water partition coefficient (Wildman–Crippen LogP) is 1.86. The number of carbonyl (C=O) groups excluding carboxylic acids is 1. The first-order valence-electron chi connectivity index (χ1n) is 8.65. The Labute approximate surface area is 146 Å². The van der Waals surface area contributed by atoms with E-state index in [1.807, 2.05) is 18.2 Å². The van der Waals surface area contributed by atoms with Crippen molar-refractivity contribution in [3.05, 3.63) is 58.5 Å². The molecule has 1 saturated carbocycles. The van der Waals surface area contributed by atoms with Gasteiger partial charge in [0, 0.05) is 25.6 Å². The van der Waals surface area contributed by atoms with E-state index in [0.717, 1.165) is 25.7 Å². The molecule has 1 aromatic carbocycles. The Morgan fingerprint density at radius 2 is 1.92 bits per heavy atom. The van der Waals surface area contributed by atoms with Crippen molar-refractivity contribution in [1.29, 1.82) is 0 Å². The van der Waals surface area contributed by atoms with Gasteiger partial charge in [-0.2, -0.15) is 9.78 Å². The van der Waals surface area contributed by atoms with Gasteiger partial charge in [-0.3, -0.25) is 9.59 Å². The summed E-state index contributed by atoms with van der Waals surface area (Å²) in [6, 6.07) is 11.8. The minimum atomic E-state index is -0.352. The molecular formula is C19H23N3O3. The van der Waals surface area contributed by atoms with Gasteiger partial charge in [0.05, 0.1) is 11.8 Å². The molecule has 6 nitrogen and oxygen atoms in total. The van der Waals surface area contributed by atoms with Crippen LogP contribution in [-0.4, -0.2) is 45.4 Å². The fourth-order valence-electron chi connectivity index (χ4n) is 3.31. The molecule has 1 amide bonds. The van der Waals surface area contributed by atoms with Crippen LogP contribution in [0.25, 0.3) is 5.69 Å². The molecule has 1 N–H and O–H groups in total. The molecule has 2 atom stereocenters. The van der Waals surface area contributed by atoms with Crippen LogP contribution in [0.2, 0.25) is 0 Å². The summed E-state index contributed by atoms with van der Waals surface area (Å²) in [6.45, 7) is 0.492. The van der Waals surface area contributed by atoms with E-state index in [4.69, 9.17) is 0 Å². The molecule has 3 rings (SSSR count). The summed E-state index contributed by atoms with van der Waals surface area (Å²) in [5.41, 5.74) is 0.553. The SMILES string of the molecule is CN(CC1CCCCC1O)C(=O)c1ccc(=O)n(-c2ccccc2)n1. The molecular weight excluding hydrogens is 318 g/mol. The van der Waals surface area contributed by atoms with E-state index in [2.05, 4.69) is 5.10 Å². The summed E-state index contributed by atoms with van der Waals surface area (Å²) in [5.74, 6) is -0.148. The number of amides is 1. The Balaban J connectivity index is 1.79. The first-order chi connectivity index (χ1) is 12.1. The Kier molecular flexibility index (Phi) is 5.28. The van der Waals surface area contributed by atoms with Crippen LogP contribution in [0, 0.1) is 5.92 Å². The summed E-state index contributed by atoms with van der Waals surface area (Å²) in [6.07, 6.45) is 3.49. The molecule has 1 aliphatic rings. The van der Waals surface area contributed by atoms with E-state index in [1.165, 1.54) is 16.8 Å². The van der Waals surface area contributed by atoms with Crippen LogP contribution in [-0.2, 0) is 0 Å². The number of aromatic nitrogens is 2. The van der Waals surface area contributed by atoms with Gasteiger partial charge in [0.25, 0.3) is 11.5 Å². The third-order valence-electron chi connectivity index (χ3n) is 4.74. The van der Waals surface area contributed by atoms with Gasteiger partial charge in [0.2, 0.25) is 0 Å². The van der Waals surface area contributed by atoms with Crippen molar-refractivity contribution in [2.75, 3.05) is 13.6 Å². The van der Waals surface area contributed by atoms with Crippen molar-refractivity contribution in [1.82, 2.24) is 14.7 Å². The first kappa shape index (κ1) is 17.4. The van der Waals surface area contributed by atoms with E-state index in [1.54, 1.807) is 24.1 Å². The maximum atomic E-state index is 12.7. The smallest absolute Gasteiger partial charge is 0.274 e. The normalized spacial score (nSPS) is 20.2. The number of rotatable bonds is 4. The minimum Gasteiger partial charge on any atom is -0.393 e. The lowest BCUT2D eigenvalue weighted by molar-refractivity contribution is 0.0447. The monoisotopic (exact) mass is 341 g/mol. The average molecular weight is 341 g/mol. The molecule has 0 spiro atoms. The van der Waals surface area contributed by atoms with Crippen LogP contribution in [0.15, 0.2) is 47.3 Å². The van der Waals surface area contributed by atoms with E-state index >= 15 is 0 Å². The van der Waals surface area contributed by atoms with Gasteiger partial charge in [-0.05, 0) is 31.0 Å². The van der Waals surface area contributed by atoms with E-state index in [0.29, 0.717) is 12.2 Å². The molecule has 1 fully saturated rings. The van der Waals surface area contributed by atoms with Crippen LogP contribution in [0.3, 0.4) is 0 Å². The molecule has 1 aliphatic carbocycles. The van der Waals surface area contributed by atoms with Crippen LogP contribution >= 0.6 is 0 Å². The van der Waals surface area contributed by atoms with Gasteiger partial charge in [0.15, 0.2) is 0 Å². The Bertz CT molecular complexity index is 788. The van der Waals surface area contributed by atoms with Crippen LogP contribution < -0.4 is 5.56 Å². The Morgan fingerprint density at radius 1 is 1.20 bits per heavy atom. The Hall–Kier alpha value is -2.47.